The normalized spacial score (nSPS) is 13.1. The number of benzene rings is 1. The van der Waals surface area contributed by atoms with Crippen LogP contribution in [-0.2, 0) is 6.42 Å². The predicted octanol–water partition coefficient (Wildman–Crippen LogP) is 2.49. The molecule has 1 aromatic carbocycles. The van der Waals surface area contributed by atoms with Crippen LogP contribution in [0.25, 0.3) is 0 Å². The molecule has 82 valence electrons. The summed E-state index contributed by atoms with van der Waals surface area (Å²) >= 11 is 3.52. The summed E-state index contributed by atoms with van der Waals surface area (Å²) < 4.78 is 11.6. The van der Waals surface area contributed by atoms with E-state index in [0.717, 1.165) is 33.8 Å². The zero-order valence-corrected chi connectivity index (χ0v) is 9.95. The molecule has 2 aromatic rings. The van der Waals surface area contributed by atoms with Gasteiger partial charge in [-0.1, -0.05) is 15.9 Å². The van der Waals surface area contributed by atoms with E-state index < -0.39 is 0 Å². The van der Waals surface area contributed by atoms with Crippen molar-refractivity contribution >= 4 is 15.9 Å². The van der Waals surface area contributed by atoms with Gasteiger partial charge in [0.1, 0.15) is 5.82 Å². The maximum atomic E-state index is 5.34. The molecule has 4 nitrogen and oxygen atoms in total. The Bertz CT molecular complexity index is 511. The number of nitrogens with zero attached hydrogens (tertiary/aromatic N) is 1. The largest absolute Gasteiger partial charge is 0.454 e. The van der Waals surface area contributed by atoms with Crippen molar-refractivity contribution in [3.8, 4) is 11.5 Å². The zero-order chi connectivity index (χ0) is 11.0. The van der Waals surface area contributed by atoms with E-state index in [1.807, 2.05) is 18.3 Å². The van der Waals surface area contributed by atoms with Crippen LogP contribution in [0.2, 0.25) is 0 Å². The number of halogens is 1. The molecule has 1 N–H and O–H groups in total. The summed E-state index contributed by atoms with van der Waals surface area (Å²) in [6, 6.07) is 3.91. The van der Waals surface area contributed by atoms with Crippen molar-refractivity contribution in [1.29, 1.82) is 0 Å². The van der Waals surface area contributed by atoms with E-state index in [1.165, 1.54) is 0 Å². The van der Waals surface area contributed by atoms with Crippen LogP contribution in [0.4, 0.5) is 0 Å². The van der Waals surface area contributed by atoms with E-state index in [9.17, 15) is 0 Å². The first-order valence-corrected chi connectivity index (χ1v) is 5.68. The van der Waals surface area contributed by atoms with E-state index in [4.69, 9.17) is 9.47 Å². The lowest BCUT2D eigenvalue weighted by Gasteiger charge is -2.04. The summed E-state index contributed by atoms with van der Waals surface area (Å²) in [4.78, 5) is 7.27. The lowest BCUT2D eigenvalue weighted by Crippen LogP contribution is -1.93. The Morgan fingerprint density at radius 3 is 2.88 bits per heavy atom. The van der Waals surface area contributed by atoms with Gasteiger partial charge < -0.3 is 14.5 Å². The molecule has 0 saturated heterocycles. The van der Waals surface area contributed by atoms with Crippen molar-refractivity contribution in [2.24, 2.45) is 0 Å². The maximum Gasteiger partial charge on any atom is 0.231 e. The second-order valence-corrected chi connectivity index (χ2v) is 4.36. The average Bonchev–Trinajstić information content (AvgIpc) is 2.89. The fourth-order valence-electron chi connectivity index (χ4n) is 1.67. The van der Waals surface area contributed by atoms with Gasteiger partial charge >= 0.3 is 0 Å². The highest BCUT2D eigenvalue weighted by molar-refractivity contribution is 9.10. The second-order valence-electron chi connectivity index (χ2n) is 3.51. The highest BCUT2D eigenvalue weighted by atomic mass is 79.9. The third-order valence-electron chi connectivity index (χ3n) is 2.45. The zero-order valence-electron chi connectivity index (χ0n) is 8.37. The molecule has 16 heavy (non-hydrogen) atoms. The first-order valence-electron chi connectivity index (χ1n) is 4.89. The lowest BCUT2D eigenvalue weighted by atomic mass is 10.1. The van der Waals surface area contributed by atoms with E-state index >= 15 is 0 Å². The molecule has 2 heterocycles. The molecule has 5 heteroatoms. The van der Waals surface area contributed by atoms with E-state index in [-0.39, 0.29) is 0 Å². The summed E-state index contributed by atoms with van der Waals surface area (Å²) in [6.45, 7) is 0.298. The Hall–Kier alpha value is -1.49. The van der Waals surface area contributed by atoms with Crippen molar-refractivity contribution in [2.45, 2.75) is 6.42 Å². The molecule has 0 aliphatic carbocycles. The first kappa shape index (κ1) is 9.72. The summed E-state index contributed by atoms with van der Waals surface area (Å²) in [5, 5.41) is 0. The molecular weight excluding hydrogens is 272 g/mol. The van der Waals surface area contributed by atoms with E-state index in [2.05, 4.69) is 25.9 Å². The Morgan fingerprint density at radius 2 is 2.12 bits per heavy atom. The molecule has 0 saturated carbocycles. The number of aromatic nitrogens is 2. The van der Waals surface area contributed by atoms with Gasteiger partial charge in [-0.2, -0.15) is 0 Å². The predicted molar refractivity (Wildman–Crippen MR) is 61.7 cm³/mol. The molecule has 0 spiro atoms. The minimum Gasteiger partial charge on any atom is -0.454 e. The number of aromatic amines is 1. The number of H-pyrrole nitrogens is 1. The van der Waals surface area contributed by atoms with Crippen LogP contribution in [0.15, 0.2) is 29.0 Å². The number of hydrogen-bond acceptors (Lipinski definition) is 3. The molecule has 1 aliphatic rings. The Balaban J connectivity index is 1.95. The van der Waals surface area contributed by atoms with Crippen LogP contribution in [0.3, 0.4) is 0 Å². The third kappa shape index (κ3) is 1.67. The van der Waals surface area contributed by atoms with Gasteiger partial charge in [-0.15, -0.1) is 0 Å². The number of hydrogen-bond donors (Lipinski definition) is 1. The molecule has 0 radical (unpaired) electrons. The van der Waals surface area contributed by atoms with E-state index in [1.54, 1.807) is 6.20 Å². The van der Waals surface area contributed by atoms with Gasteiger partial charge in [0.15, 0.2) is 11.5 Å². The van der Waals surface area contributed by atoms with Gasteiger partial charge in [0, 0.05) is 23.3 Å². The number of nitrogens with one attached hydrogen (secondary N) is 1. The van der Waals surface area contributed by atoms with Crippen molar-refractivity contribution in [3.05, 3.63) is 40.4 Å². The minimum absolute atomic E-state index is 0.298. The average molecular weight is 281 g/mol. The summed E-state index contributed by atoms with van der Waals surface area (Å²) in [6.07, 6.45) is 4.30. The van der Waals surface area contributed by atoms with Crippen molar-refractivity contribution < 1.29 is 9.47 Å². The van der Waals surface area contributed by atoms with Gasteiger partial charge in [-0.25, -0.2) is 4.98 Å². The van der Waals surface area contributed by atoms with Crippen molar-refractivity contribution in [2.75, 3.05) is 6.79 Å². The minimum atomic E-state index is 0.298. The standard InChI is InChI=1S/C11H9BrN2O2/c12-8-5-10-9(15-6-16-10)3-7(8)4-11-13-1-2-14-11/h1-3,5H,4,6H2,(H,13,14). The van der Waals surface area contributed by atoms with Gasteiger partial charge in [0.25, 0.3) is 0 Å². The van der Waals surface area contributed by atoms with Gasteiger partial charge in [0.2, 0.25) is 6.79 Å². The number of fused-ring (bicyclic) bond motifs is 1. The Morgan fingerprint density at radius 1 is 1.31 bits per heavy atom. The quantitative estimate of drug-likeness (QED) is 0.920. The smallest absolute Gasteiger partial charge is 0.231 e. The molecular formula is C11H9BrN2O2. The van der Waals surface area contributed by atoms with Crippen molar-refractivity contribution in [3.63, 3.8) is 0 Å². The van der Waals surface area contributed by atoms with Crippen LogP contribution >= 0.6 is 15.9 Å². The monoisotopic (exact) mass is 280 g/mol. The highest BCUT2D eigenvalue weighted by Gasteiger charge is 2.16. The summed E-state index contributed by atoms with van der Waals surface area (Å²) in [7, 11) is 0. The van der Waals surface area contributed by atoms with Crippen LogP contribution in [0, 0.1) is 0 Å². The SMILES string of the molecule is Brc1cc2c(cc1Cc1ncc[nH]1)OCO2. The molecule has 3 rings (SSSR count). The molecule has 0 unspecified atom stereocenters. The molecule has 0 atom stereocenters. The topological polar surface area (TPSA) is 47.1 Å². The van der Waals surface area contributed by atoms with Crippen LogP contribution < -0.4 is 9.47 Å². The second kappa shape index (κ2) is 3.83. The molecule has 0 amide bonds. The van der Waals surface area contributed by atoms with Gasteiger partial charge in [-0.05, 0) is 17.7 Å². The Kier molecular flexibility index (Phi) is 2.32. The number of imidazole rings is 1. The third-order valence-corrected chi connectivity index (χ3v) is 3.19. The van der Waals surface area contributed by atoms with E-state index in [0.29, 0.717) is 6.79 Å². The molecule has 0 fully saturated rings. The summed E-state index contributed by atoms with van der Waals surface area (Å²) in [5.41, 5.74) is 1.12. The van der Waals surface area contributed by atoms with Gasteiger partial charge in [0.05, 0.1) is 0 Å². The first-order chi connectivity index (χ1) is 7.83. The molecule has 1 aliphatic heterocycles. The maximum absolute atomic E-state index is 5.34. The lowest BCUT2D eigenvalue weighted by molar-refractivity contribution is 0.174. The Labute approximate surface area is 101 Å². The highest BCUT2D eigenvalue weighted by Crippen LogP contribution is 2.37. The number of rotatable bonds is 2. The van der Waals surface area contributed by atoms with Crippen LogP contribution in [0.1, 0.15) is 11.4 Å². The fourth-order valence-corrected chi connectivity index (χ4v) is 2.13. The molecule has 1 aromatic heterocycles. The fraction of sp³-hybridized carbons (Fsp3) is 0.182. The van der Waals surface area contributed by atoms with Gasteiger partial charge in [-0.3, -0.25) is 0 Å². The van der Waals surface area contributed by atoms with Crippen molar-refractivity contribution in [1.82, 2.24) is 9.97 Å². The number of ether oxygens (including phenoxy) is 2. The van der Waals surface area contributed by atoms with Crippen LogP contribution in [0.5, 0.6) is 11.5 Å². The summed E-state index contributed by atoms with van der Waals surface area (Å²) in [5.74, 6) is 2.51. The van der Waals surface area contributed by atoms with Crippen LogP contribution in [-0.4, -0.2) is 16.8 Å². The molecule has 0 bridgehead atoms.